The molecule has 0 aliphatic carbocycles. The van der Waals surface area contributed by atoms with Crippen LogP contribution in [0.15, 0.2) is 41.5 Å². The zero-order valence-electron chi connectivity index (χ0n) is 20.0. The highest BCUT2D eigenvalue weighted by Gasteiger charge is 2.39. The van der Waals surface area contributed by atoms with Crippen LogP contribution >= 0.6 is 0 Å². The number of aryl methyl sites for hydroxylation is 1. The molecule has 0 heterocycles. The molecule has 1 N–H and O–H groups in total. The van der Waals surface area contributed by atoms with Crippen molar-refractivity contribution in [3.63, 3.8) is 0 Å². The second-order valence-electron chi connectivity index (χ2n) is 6.77. The predicted molar refractivity (Wildman–Crippen MR) is 124 cm³/mol. The summed E-state index contributed by atoms with van der Waals surface area (Å²) >= 11 is 0. The lowest BCUT2D eigenvalue weighted by Gasteiger charge is -2.28. The molecular weight excluding hydrogens is 486 g/mol. The van der Waals surface area contributed by atoms with Gasteiger partial charge in [0.25, 0.3) is 0 Å². The van der Waals surface area contributed by atoms with Crippen molar-refractivity contribution in [3.8, 4) is 0 Å². The Morgan fingerprint density at radius 2 is 1.53 bits per heavy atom. The zero-order valence-corrected chi connectivity index (χ0v) is 21.8. The van der Waals surface area contributed by atoms with Crippen molar-refractivity contribution in [2.75, 3.05) is 33.2 Å². The first-order valence-corrected chi connectivity index (χ1v) is 14.1. The molecule has 0 saturated heterocycles. The SMILES string of the molecule is C=C(OS(=O)(=O)c1ccc(C)cc1)C(=O)OCOC(=O)NCCC[Si](OCC)(OCC)OCC. The van der Waals surface area contributed by atoms with Gasteiger partial charge in [-0.3, -0.25) is 0 Å². The Labute approximate surface area is 201 Å². The van der Waals surface area contributed by atoms with Gasteiger partial charge < -0.3 is 32.3 Å². The van der Waals surface area contributed by atoms with Crippen LogP contribution < -0.4 is 5.32 Å². The summed E-state index contributed by atoms with van der Waals surface area (Å²) in [5, 5.41) is 2.50. The van der Waals surface area contributed by atoms with Crippen molar-refractivity contribution >= 4 is 31.0 Å². The van der Waals surface area contributed by atoms with Crippen LogP contribution in [-0.2, 0) is 41.8 Å². The number of esters is 1. The van der Waals surface area contributed by atoms with Crippen LogP contribution in [0.5, 0.6) is 0 Å². The number of alkyl carbamates (subject to hydrolysis) is 1. The van der Waals surface area contributed by atoms with E-state index in [0.29, 0.717) is 32.3 Å². The first kappa shape index (κ1) is 29.6. The summed E-state index contributed by atoms with van der Waals surface area (Å²) < 4.78 is 55.6. The molecule has 34 heavy (non-hydrogen) atoms. The van der Waals surface area contributed by atoms with Gasteiger partial charge in [0, 0.05) is 32.4 Å². The Kier molecular flexibility index (Phi) is 12.8. The number of hydrogen-bond acceptors (Lipinski definition) is 10. The Morgan fingerprint density at radius 3 is 2.06 bits per heavy atom. The molecule has 1 aromatic rings. The van der Waals surface area contributed by atoms with Crippen molar-refractivity contribution in [3.05, 3.63) is 42.2 Å². The number of rotatable bonds is 16. The van der Waals surface area contributed by atoms with Crippen molar-refractivity contribution in [2.24, 2.45) is 0 Å². The fourth-order valence-corrected chi connectivity index (χ4v) is 6.19. The molecule has 0 aromatic heterocycles. The van der Waals surface area contributed by atoms with Gasteiger partial charge in [-0.05, 0) is 52.8 Å². The third kappa shape index (κ3) is 10.2. The zero-order chi connectivity index (χ0) is 25.6. The molecule has 13 heteroatoms. The molecule has 0 bridgehead atoms. The van der Waals surface area contributed by atoms with Gasteiger partial charge in [0.05, 0.1) is 0 Å². The van der Waals surface area contributed by atoms with E-state index in [-0.39, 0.29) is 11.4 Å². The second-order valence-corrected chi connectivity index (χ2v) is 11.0. The van der Waals surface area contributed by atoms with E-state index < -0.39 is 43.5 Å². The highest BCUT2D eigenvalue weighted by Crippen LogP contribution is 2.18. The molecule has 0 unspecified atom stereocenters. The fraction of sp³-hybridized carbons (Fsp3) is 0.524. The van der Waals surface area contributed by atoms with Gasteiger partial charge in [0.15, 0.2) is 0 Å². The minimum Gasteiger partial charge on any atom is -0.422 e. The number of nitrogens with one attached hydrogen (secondary N) is 1. The Bertz CT molecular complexity index is 888. The fourth-order valence-electron chi connectivity index (χ4n) is 2.68. The molecule has 1 amide bonds. The van der Waals surface area contributed by atoms with E-state index >= 15 is 0 Å². The lowest BCUT2D eigenvalue weighted by atomic mass is 10.2. The van der Waals surface area contributed by atoms with E-state index in [4.69, 9.17) is 18.0 Å². The molecule has 0 aliphatic heterocycles. The van der Waals surface area contributed by atoms with Gasteiger partial charge >= 0.3 is 31.0 Å². The minimum absolute atomic E-state index is 0.146. The maximum absolute atomic E-state index is 12.2. The molecular formula is C21H33NO10SSi. The summed E-state index contributed by atoms with van der Waals surface area (Å²) in [7, 11) is -7.05. The summed E-state index contributed by atoms with van der Waals surface area (Å²) in [5.41, 5.74) is 0.854. The molecule has 0 aliphatic rings. The first-order valence-electron chi connectivity index (χ1n) is 10.8. The van der Waals surface area contributed by atoms with Crippen LogP contribution in [0.4, 0.5) is 4.79 Å². The van der Waals surface area contributed by atoms with Crippen LogP contribution in [0, 0.1) is 6.92 Å². The third-order valence-electron chi connectivity index (χ3n) is 4.15. The van der Waals surface area contributed by atoms with Gasteiger partial charge in [-0.1, -0.05) is 17.7 Å². The Balaban J connectivity index is 2.38. The average molecular weight is 520 g/mol. The third-order valence-corrected chi connectivity index (χ3v) is 8.57. The number of benzene rings is 1. The molecule has 0 saturated carbocycles. The highest BCUT2D eigenvalue weighted by atomic mass is 32.2. The lowest BCUT2D eigenvalue weighted by molar-refractivity contribution is -0.149. The number of carbonyl (C=O) groups is 2. The van der Waals surface area contributed by atoms with Crippen molar-refractivity contribution in [1.29, 1.82) is 0 Å². The molecule has 1 rings (SSSR count). The smallest absolute Gasteiger partial charge is 0.422 e. The Hall–Kier alpha value is -2.45. The quantitative estimate of drug-likeness (QED) is 0.0660. The van der Waals surface area contributed by atoms with Gasteiger partial charge in [0.1, 0.15) is 4.90 Å². The molecule has 1 aromatic carbocycles. The van der Waals surface area contributed by atoms with Crippen LogP contribution in [-0.4, -0.2) is 62.4 Å². The van der Waals surface area contributed by atoms with Crippen molar-refractivity contribution < 1.29 is 44.9 Å². The van der Waals surface area contributed by atoms with Crippen LogP contribution in [0.25, 0.3) is 0 Å². The van der Waals surface area contributed by atoms with E-state index in [2.05, 4.69) is 20.8 Å². The normalized spacial score (nSPS) is 11.5. The monoisotopic (exact) mass is 519 g/mol. The molecule has 0 radical (unpaired) electrons. The average Bonchev–Trinajstić information content (AvgIpc) is 2.77. The summed E-state index contributed by atoms with van der Waals surface area (Å²) in [4.78, 5) is 23.5. The van der Waals surface area contributed by atoms with Gasteiger partial charge in [-0.2, -0.15) is 8.42 Å². The van der Waals surface area contributed by atoms with E-state index in [1.807, 2.05) is 20.8 Å². The number of hydrogen-bond donors (Lipinski definition) is 1. The molecule has 11 nitrogen and oxygen atoms in total. The molecule has 0 fully saturated rings. The Morgan fingerprint density at radius 1 is 0.971 bits per heavy atom. The lowest BCUT2D eigenvalue weighted by Crippen LogP contribution is -2.46. The molecule has 192 valence electrons. The van der Waals surface area contributed by atoms with E-state index in [1.54, 1.807) is 19.1 Å². The first-order chi connectivity index (χ1) is 16.1. The summed E-state index contributed by atoms with van der Waals surface area (Å²) in [6.07, 6.45) is -0.314. The maximum atomic E-state index is 12.2. The topological polar surface area (TPSA) is 136 Å². The van der Waals surface area contributed by atoms with Gasteiger partial charge in [-0.25, -0.2) is 9.59 Å². The summed E-state index contributed by atoms with van der Waals surface area (Å²) in [6.45, 7) is 11.5. The highest BCUT2D eigenvalue weighted by molar-refractivity contribution is 7.86. The maximum Gasteiger partial charge on any atom is 0.500 e. The standard InChI is InChI=1S/C21H33NO10SSi/c1-6-29-34(30-7-2,31-8-3)15-9-14-22-21(24)28-16-27-20(23)18(5)32-33(25,26)19-12-10-17(4)11-13-19/h10-13H,5-9,14-16H2,1-4H3,(H,22,24). The largest absolute Gasteiger partial charge is 0.500 e. The number of ether oxygens (including phenoxy) is 2. The van der Waals surface area contributed by atoms with Crippen LogP contribution in [0.3, 0.4) is 0 Å². The van der Waals surface area contributed by atoms with E-state index in [0.717, 1.165) is 5.56 Å². The molecule has 0 spiro atoms. The number of amides is 1. The number of carbonyl (C=O) groups excluding carboxylic acids is 2. The van der Waals surface area contributed by atoms with Gasteiger partial charge in [-0.15, -0.1) is 0 Å². The van der Waals surface area contributed by atoms with Gasteiger partial charge in [0.2, 0.25) is 12.6 Å². The van der Waals surface area contributed by atoms with E-state index in [9.17, 15) is 18.0 Å². The predicted octanol–water partition coefficient (Wildman–Crippen LogP) is 2.88. The summed E-state index contributed by atoms with van der Waals surface area (Å²) in [5.74, 6) is -1.96. The second kappa shape index (κ2) is 14.7. The molecule has 0 atom stereocenters. The minimum atomic E-state index is -4.25. The van der Waals surface area contributed by atoms with E-state index in [1.165, 1.54) is 12.1 Å². The van der Waals surface area contributed by atoms with Crippen molar-refractivity contribution in [2.45, 2.75) is 45.1 Å². The summed E-state index contributed by atoms with van der Waals surface area (Å²) in [6, 6.07) is 6.33. The van der Waals surface area contributed by atoms with Crippen LogP contribution in [0.2, 0.25) is 6.04 Å². The van der Waals surface area contributed by atoms with Crippen molar-refractivity contribution in [1.82, 2.24) is 5.32 Å². The van der Waals surface area contributed by atoms with Crippen LogP contribution in [0.1, 0.15) is 32.8 Å².